The molecule has 1 aromatic heterocycles. The Kier molecular flexibility index (Phi) is 7.42. The number of hydrogen-bond donors (Lipinski definition) is 0. The standard InChI is InChI=1S/C20H22Cl2F3N5O3/c1-11(27-32)13-8-14(21)16(33-3)9-15(13)28-4-6-29(7-5-28)17(31)10-30-12(2)18(22)19(26-30)20(23,24)25/h8-9,11H,4-7,10H2,1-3H3. The largest absolute Gasteiger partial charge is 0.495 e. The highest BCUT2D eigenvalue weighted by molar-refractivity contribution is 6.32. The fraction of sp³-hybridized carbons (Fsp3) is 0.500. The Morgan fingerprint density at radius 3 is 2.39 bits per heavy atom. The van der Waals surface area contributed by atoms with E-state index in [9.17, 15) is 22.9 Å². The van der Waals surface area contributed by atoms with Crippen molar-refractivity contribution < 1.29 is 22.7 Å². The smallest absolute Gasteiger partial charge is 0.436 e. The van der Waals surface area contributed by atoms with Gasteiger partial charge in [-0.25, -0.2) is 0 Å². The number of alkyl halides is 3. The molecule has 13 heteroatoms. The summed E-state index contributed by atoms with van der Waals surface area (Å²) < 4.78 is 45.3. The predicted octanol–water partition coefficient (Wildman–Crippen LogP) is 4.70. The van der Waals surface area contributed by atoms with E-state index in [0.29, 0.717) is 42.5 Å². The average Bonchev–Trinajstić information content (AvgIpc) is 3.07. The second kappa shape index (κ2) is 9.76. The van der Waals surface area contributed by atoms with Gasteiger partial charge in [-0.2, -0.15) is 23.2 Å². The molecule has 1 fully saturated rings. The van der Waals surface area contributed by atoms with E-state index in [0.717, 1.165) is 10.4 Å². The third-order valence-corrected chi connectivity index (χ3v) is 6.32. The topological polar surface area (TPSA) is 80.0 Å². The molecule has 1 atom stereocenters. The molecule has 1 aromatic carbocycles. The molecule has 0 saturated carbocycles. The zero-order chi connectivity index (χ0) is 24.5. The minimum Gasteiger partial charge on any atom is -0.495 e. The van der Waals surface area contributed by atoms with Crippen molar-refractivity contribution in [1.29, 1.82) is 0 Å². The number of benzene rings is 1. The predicted molar refractivity (Wildman–Crippen MR) is 118 cm³/mol. The SMILES string of the molecule is COc1cc(N2CCN(C(=O)Cn3nc(C(F)(F)F)c(Cl)c3C)CC2)c(C(C)N=O)cc1Cl. The van der Waals surface area contributed by atoms with Crippen molar-refractivity contribution in [2.45, 2.75) is 32.6 Å². The molecule has 1 aliphatic heterocycles. The Bertz CT molecular complexity index is 1050. The van der Waals surface area contributed by atoms with Crippen LogP contribution in [0.25, 0.3) is 0 Å². The van der Waals surface area contributed by atoms with Gasteiger partial charge in [-0.1, -0.05) is 28.4 Å². The number of anilines is 1. The molecular formula is C20H22Cl2F3N5O3. The summed E-state index contributed by atoms with van der Waals surface area (Å²) in [5, 5.41) is 6.42. The number of ether oxygens (including phenoxy) is 1. The Morgan fingerprint density at radius 1 is 1.24 bits per heavy atom. The summed E-state index contributed by atoms with van der Waals surface area (Å²) in [7, 11) is 1.48. The van der Waals surface area contributed by atoms with Crippen LogP contribution in [0.2, 0.25) is 10.0 Å². The first-order valence-electron chi connectivity index (χ1n) is 10.0. The fourth-order valence-corrected chi connectivity index (χ4v) is 4.16. The molecule has 1 amide bonds. The number of hydrogen-bond acceptors (Lipinski definition) is 6. The van der Waals surface area contributed by atoms with E-state index in [1.54, 1.807) is 24.0 Å². The normalized spacial score (nSPS) is 15.5. The average molecular weight is 508 g/mol. The van der Waals surface area contributed by atoms with Crippen molar-refractivity contribution >= 4 is 34.8 Å². The lowest BCUT2D eigenvalue weighted by molar-refractivity contribution is -0.142. The third kappa shape index (κ3) is 5.19. The van der Waals surface area contributed by atoms with E-state index in [4.69, 9.17) is 27.9 Å². The van der Waals surface area contributed by atoms with Crippen molar-refractivity contribution in [3.8, 4) is 5.75 Å². The van der Waals surface area contributed by atoms with Gasteiger partial charge in [0.15, 0.2) is 5.69 Å². The van der Waals surface area contributed by atoms with Crippen LogP contribution in [0.1, 0.15) is 29.9 Å². The summed E-state index contributed by atoms with van der Waals surface area (Å²) in [5.74, 6) is 0.0704. The molecule has 0 aliphatic carbocycles. The summed E-state index contributed by atoms with van der Waals surface area (Å²) in [6, 6.07) is 2.73. The molecule has 1 aliphatic rings. The number of piperazine rings is 1. The molecule has 1 unspecified atom stereocenters. The van der Waals surface area contributed by atoms with Crippen LogP contribution in [0, 0.1) is 11.8 Å². The van der Waals surface area contributed by atoms with Crippen LogP contribution in [0.4, 0.5) is 18.9 Å². The minimum absolute atomic E-state index is 0.0734. The van der Waals surface area contributed by atoms with Crippen LogP contribution in [-0.2, 0) is 17.5 Å². The first-order valence-corrected chi connectivity index (χ1v) is 10.8. The van der Waals surface area contributed by atoms with Crippen LogP contribution < -0.4 is 9.64 Å². The highest BCUT2D eigenvalue weighted by Gasteiger charge is 2.38. The van der Waals surface area contributed by atoms with E-state index in [1.807, 2.05) is 4.90 Å². The van der Waals surface area contributed by atoms with Gasteiger partial charge < -0.3 is 14.5 Å². The van der Waals surface area contributed by atoms with Gasteiger partial charge in [0.25, 0.3) is 0 Å². The molecule has 0 radical (unpaired) electrons. The lowest BCUT2D eigenvalue weighted by atomic mass is 10.0. The van der Waals surface area contributed by atoms with Crippen molar-refractivity contribution in [3.05, 3.63) is 44.0 Å². The Morgan fingerprint density at radius 2 is 1.88 bits per heavy atom. The number of halogens is 5. The van der Waals surface area contributed by atoms with Crippen molar-refractivity contribution in [3.63, 3.8) is 0 Å². The zero-order valence-corrected chi connectivity index (χ0v) is 19.6. The second-order valence-electron chi connectivity index (χ2n) is 7.60. The van der Waals surface area contributed by atoms with E-state index < -0.39 is 22.9 Å². The molecule has 8 nitrogen and oxygen atoms in total. The molecule has 2 heterocycles. The first-order chi connectivity index (χ1) is 15.5. The number of nitrogens with zero attached hydrogens (tertiary/aromatic N) is 5. The van der Waals surface area contributed by atoms with Gasteiger partial charge in [0, 0.05) is 43.5 Å². The molecule has 0 N–H and O–H groups in total. The summed E-state index contributed by atoms with van der Waals surface area (Å²) in [5.41, 5.74) is 0.225. The number of aromatic nitrogens is 2. The maximum atomic E-state index is 13.0. The molecular weight excluding hydrogens is 486 g/mol. The number of carbonyl (C=O) groups is 1. The summed E-state index contributed by atoms with van der Waals surface area (Å²) in [6.07, 6.45) is -4.70. The lowest BCUT2D eigenvalue weighted by Crippen LogP contribution is -2.50. The highest BCUT2D eigenvalue weighted by atomic mass is 35.5. The van der Waals surface area contributed by atoms with Gasteiger partial charge in [0.2, 0.25) is 5.91 Å². The Hall–Kier alpha value is -2.53. The molecule has 3 rings (SSSR count). The van der Waals surface area contributed by atoms with Crippen LogP contribution >= 0.6 is 23.2 Å². The molecule has 180 valence electrons. The Labute approximate surface area is 198 Å². The van der Waals surface area contributed by atoms with E-state index in [-0.39, 0.29) is 18.1 Å². The van der Waals surface area contributed by atoms with Gasteiger partial charge in [-0.3, -0.25) is 9.48 Å². The zero-order valence-electron chi connectivity index (χ0n) is 18.1. The molecule has 1 saturated heterocycles. The summed E-state index contributed by atoms with van der Waals surface area (Å²) in [4.78, 5) is 27.4. The van der Waals surface area contributed by atoms with Crippen LogP contribution in [-0.4, -0.2) is 53.9 Å². The monoisotopic (exact) mass is 507 g/mol. The van der Waals surface area contributed by atoms with Gasteiger partial charge in [0.1, 0.15) is 18.3 Å². The summed E-state index contributed by atoms with van der Waals surface area (Å²) >= 11 is 12.0. The maximum Gasteiger partial charge on any atom is 0.436 e. The second-order valence-corrected chi connectivity index (χ2v) is 8.38. The van der Waals surface area contributed by atoms with Crippen LogP contribution in [0.5, 0.6) is 5.75 Å². The molecule has 0 spiro atoms. The first kappa shape index (κ1) is 25.1. The minimum atomic E-state index is -4.70. The number of methoxy groups -OCH3 is 1. The quantitative estimate of drug-likeness (QED) is 0.529. The maximum absolute atomic E-state index is 13.0. The third-order valence-electron chi connectivity index (χ3n) is 5.57. The van der Waals surface area contributed by atoms with Crippen LogP contribution in [0.15, 0.2) is 17.3 Å². The molecule has 33 heavy (non-hydrogen) atoms. The molecule has 0 bridgehead atoms. The number of nitroso groups, excluding NO2 is 1. The van der Waals surface area contributed by atoms with E-state index >= 15 is 0 Å². The lowest BCUT2D eigenvalue weighted by Gasteiger charge is -2.37. The molecule has 2 aromatic rings. The van der Waals surface area contributed by atoms with Crippen molar-refractivity contribution in [2.24, 2.45) is 5.18 Å². The van der Waals surface area contributed by atoms with Crippen LogP contribution in [0.3, 0.4) is 0 Å². The van der Waals surface area contributed by atoms with Gasteiger partial charge in [-0.05, 0) is 19.9 Å². The summed E-state index contributed by atoms with van der Waals surface area (Å²) in [6.45, 7) is 4.20. The van der Waals surface area contributed by atoms with Crippen molar-refractivity contribution in [2.75, 3.05) is 38.2 Å². The number of amides is 1. The van der Waals surface area contributed by atoms with Gasteiger partial charge >= 0.3 is 6.18 Å². The van der Waals surface area contributed by atoms with E-state index in [2.05, 4.69) is 10.3 Å². The number of rotatable bonds is 6. The number of carbonyl (C=O) groups excluding carboxylic acids is 1. The van der Waals surface area contributed by atoms with E-state index in [1.165, 1.54) is 14.0 Å². The highest BCUT2D eigenvalue weighted by Crippen LogP contribution is 2.38. The fourth-order valence-electron chi connectivity index (χ4n) is 3.66. The van der Waals surface area contributed by atoms with Gasteiger partial charge in [-0.15, -0.1) is 0 Å². The van der Waals surface area contributed by atoms with Gasteiger partial charge in [0.05, 0.1) is 22.8 Å². The Balaban J connectivity index is 1.73. The van der Waals surface area contributed by atoms with Crippen molar-refractivity contribution in [1.82, 2.24) is 14.7 Å².